The molecular weight excluding hydrogens is 331 g/mol. The summed E-state index contributed by atoms with van der Waals surface area (Å²) in [7, 11) is 1.62. The number of amides is 2. The van der Waals surface area contributed by atoms with E-state index >= 15 is 0 Å². The SMILES string of the molecule is COc1ccc(CNC(=O)N[C@@H](c2ccc(F)cc2)C2CCCC2)cc1. The molecule has 0 aliphatic heterocycles. The molecule has 2 amide bonds. The maximum absolute atomic E-state index is 13.2. The molecule has 0 radical (unpaired) electrons. The van der Waals surface area contributed by atoms with Crippen molar-refractivity contribution in [3.05, 3.63) is 65.5 Å². The average Bonchev–Trinajstić information content (AvgIpc) is 3.20. The Morgan fingerprint density at radius 1 is 1.12 bits per heavy atom. The van der Waals surface area contributed by atoms with Gasteiger partial charge in [-0.25, -0.2) is 9.18 Å². The molecule has 0 heterocycles. The fourth-order valence-corrected chi connectivity index (χ4v) is 3.55. The van der Waals surface area contributed by atoms with Crippen molar-refractivity contribution in [1.82, 2.24) is 10.6 Å². The van der Waals surface area contributed by atoms with Gasteiger partial charge in [-0.05, 0) is 54.2 Å². The van der Waals surface area contributed by atoms with E-state index in [9.17, 15) is 9.18 Å². The lowest BCUT2D eigenvalue weighted by Gasteiger charge is -2.25. The summed E-state index contributed by atoms with van der Waals surface area (Å²) in [4.78, 5) is 12.4. The highest BCUT2D eigenvalue weighted by Crippen LogP contribution is 2.35. The van der Waals surface area contributed by atoms with Gasteiger partial charge in [0.2, 0.25) is 0 Å². The molecule has 1 aliphatic carbocycles. The maximum atomic E-state index is 13.2. The van der Waals surface area contributed by atoms with E-state index in [1.165, 1.54) is 25.0 Å². The molecule has 2 aromatic carbocycles. The Labute approximate surface area is 153 Å². The summed E-state index contributed by atoms with van der Waals surface area (Å²) in [6.45, 7) is 0.441. The van der Waals surface area contributed by atoms with Crippen molar-refractivity contribution in [1.29, 1.82) is 0 Å². The number of urea groups is 1. The largest absolute Gasteiger partial charge is 0.497 e. The standard InChI is InChI=1S/C21H25FN2O2/c1-26-19-12-6-15(7-13-19)14-23-21(25)24-20(16-4-2-3-5-16)17-8-10-18(22)11-9-17/h6-13,16,20H,2-5,14H2,1H3,(H2,23,24,25)/t20-/m1/s1. The summed E-state index contributed by atoms with van der Waals surface area (Å²) >= 11 is 0. The highest BCUT2D eigenvalue weighted by Gasteiger charge is 2.27. The number of carbonyl (C=O) groups excluding carboxylic acids is 1. The van der Waals surface area contributed by atoms with Gasteiger partial charge in [0.05, 0.1) is 13.2 Å². The molecule has 0 bridgehead atoms. The quantitative estimate of drug-likeness (QED) is 0.797. The molecule has 2 aromatic rings. The van der Waals surface area contributed by atoms with Gasteiger partial charge in [0.25, 0.3) is 0 Å². The Morgan fingerprint density at radius 2 is 1.77 bits per heavy atom. The molecule has 1 atom stereocenters. The summed E-state index contributed by atoms with van der Waals surface area (Å²) in [5, 5.41) is 6.00. The molecule has 26 heavy (non-hydrogen) atoms. The molecule has 0 aromatic heterocycles. The van der Waals surface area contributed by atoms with Gasteiger partial charge < -0.3 is 15.4 Å². The minimum Gasteiger partial charge on any atom is -0.497 e. The molecular formula is C21H25FN2O2. The van der Waals surface area contributed by atoms with E-state index in [0.717, 1.165) is 29.7 Å². The van der Waals surface area contributed by atoms with E-state index in [1.54, 1.807) is 19.2 Å². The van der Waals surface area contributed by atoms with Gasteiger partial charge in [0.15, 0.2) is 0 Å². The number of methoxy groups -OCH3 is 1. The molecule has 0 saturated heterocycles. The second-order valence-corrected chi connectivity index (χ2v) is 6.75. The van der Waals surface area contributed by atoms with Crippen molar-refractivity contribution in [2.75, 3.05) is 7.11 Å². The Bertz CT molecular complexity index is 710. The monoisotopic (exact) mass is 356 g/mol. The zero-order valence-electron chi connectivity index (χ0n) is 15.0. The van der Waals surface area contributed by atoms with E-state index in [-0.39, 0.29) is 17.9 Å². The van der Waals surface area contributed by atoms with Crippen molar-refractivity contribution >= 4 is 6.03 Å². The first-order chi connectivity index (χ1) is 12.7. The van der Waals surface area contributed by atoms with Crippen molar-refractivity contribution < 1.29 is 13.9 Å². The van der Waals surface area contributed by atoms with Crippen molar-refractivity contribution in [2.45, 2.75) is 38.3 Å². The zero-order chi connectivity index (χ0) is 18.4. The topological polar surface area (TPSA) is 50.4 Å². The molecule has 0 unspecified atom stereocenters. The van der Waals surface area contributed by atoms with Crippen LogP contribution in [0.4, 0.5) is 9.18 Å². The molecule has 0 spiro atoms. The van der Waals surface area contributed by atoms with Crippen molar-refractivity contribution in [3.63, 3.8) is 0 Å². The summed E-state index contributed by atoms with van der Waals surface area (Å²) in [5.74, 6) is 0.922. The number of halogens is 1. The Balaban J connectivity index is 1.61. The first-order valence-corrected chi connectivity index (χ1v) is 9.08. The Hall–Kier alpha value is -2.56. The molecule has 138 valence electrons. The molecule has 2 N–H and O–H groups in total. The van der Waals surface area contributed by atoms with Gasteiger partial charge in [-0.2, -0.15) is 0 Å². The highest BCUT2D eigenvalue weighted by molar-refractivity contribution is 5.74. The molecule has 5 heteroatoms. The average molecular weight is 356 g/mol. The van der Waals surface area contributed by atoms with Crippen LogP contribution < -0.4 is 15.4 Å². The van der Waals surface area contributed by atoms with E-state index < -0.39 is 0 Å². The van der Waals surface area contributed by atoms with Crippen LogP contribution in [0.25, 0.3) is 0 Å². The first kappa shape index (κ1) is 18.2. The maximum Gasteiger partial charge on any atom is 0.315 e. The van der Waals surface area contributed by atoms with E-state index in [2.05, 4.69) is 10.6 Å². The van der Waals surface area contributed by atoms with Gasteiger partial charge in [-0.1, -0.05) is 37.1 Å². The molecule has 3 rings (SSSR count). The van der Waals surface area contributed by atoms with Crippen LogP contribution >= 0.6 is 0 Å². The van der Waals surface area contributed by atoms with Crippen LogP contribution in [-0.4, -0.2) is 13.1 Å². The van der Waals surface area contributed by atoms with Crippen LogP contribution in [0.15, 0.2) is 48.5 Å². The van der Waals surface area contributed by atoms with Crippen molar-refractivity contribution in [3.8, 4) is 5.75 Å². The lowest BCUT2D eigenvalue weighted by atomic mass is 9.91. The van der Waals surface area contributed by atoms with Gasteiger partial charge >= 0.3 is 6.03 Å². The van der Waals surface area contributed by atoms with E-state index in [0.29, 0.717) is 12.5 Å². The molecule has 1 fully saturated rings. The van der Waals surface area contributed by atoms with Crippen molar-refractivity contribution in [2.24, 2.45) is 5.92 Å². The fraction of sp³-hybridized carbons (Fsp3) is 0.381. The molecule has 4 nitrogen and oxygen atoms in total. The van der Waals surface area contributed by atoms with E-state index in [1.807, 2.05) is 24.3 Å². The summed E-state index contributed by atoms with van der Waals surface area (Å²) in [6.07, 6.45) is 4.52. The Kier molecular flexibility index (Phi) is 6.10. The van der Waals surface area contributed by atoms with Crippen LogP contribution in [0.2, 0.25) is 0 Å². The van der Waals surface area contributed by atoms with Gasteiger partial charge in [-0.15, -0.1) is 0 Å². The highest BCUT2D eigenvalue weighted by atomic mass is 19.1. The fourth-order valence-electron chi connectivity index (χ4n) is 3.55. The lowest BCUT2D eigenvalue weighted by molar-refractivity contribution is 0.230. The predicted molar refractivity (Wildman–Crippen MR) is 99.5 cm³/mol. The number of ether oxygens (including phenoxy) is 1. The summed E-state index contributed by atoms with van der Waals surface area (Å²) < 4.78 is 18.4. The van der Waals surface area contributed by atoms with Gasteiger partial charge in [0.1, 0.15) is 11.6 Å². The number of hydrogen-bond acceptors (Lipinski definition) is 2. The predicted octanol–water partition coefficient (Wildman–Crippen LogP) is 4.57. The van der Waals surface area contributed by atoms with E-state index in [4.69, 9.17) is 4.74 Å². The van der Waals surface area contributed by atoms with Crippen LogP contribution in [0.1, 0.15) is 42.9 Å². The minimum absolute atomic E-state index is 0.0889. The first-order valence-electron chi connectivity index (χ1n) is 9.08. The number of benzene rings is 2. The normalized spacial score (nSPS) is 15.5. The van der Waals surface area contributed by atoms with Crippen LogP contribution in [0.3, 0.4) is 0 Å². The number of hydrogen-bond donors (Lipinski definition) is 2. The van der Waals surface area contributed by atoms with Crippen LogP contribution in [0, 0.1) is 11.7 Å². The summed E-state index contributed by atoms with van der Waals surface area (Å²) in [5.41, 5.74) is 1.96. The number of nitrogens with one attached hydrogen (secondary N) is 2. The third-order valence-corrected chi connectivity index (χ3v) is 5.00. The lowest BCUT2D eigenvalue weighted by Crippen LogP contribution is -2.40. The van der Waals surface area contributed by atoms with Gasteiger partial charge in [-0.3, -0.25) is 0 Å². The zero-order valence-corrected chi connectivity index (χ0v) is 15.0. The van der Waals surface area contributed by atoms with Crippen LogP contribution in [-0.2, 0) is 6.54 Å². The van der Waals surface area contributed by atoms with Gasteiger partial charge in [0, 0.05) is 6.54 Å². The second kappa shape index (κ2) is 8.70. The number of carbonyl (C=O) groups is 1. The second-order valence-electron chi connectivity index (χ2n) is 6.75. The third kappa shape index (κ3) is 4.75. The minimum atomic E-state index is -0.261. The number of rotatable bonds is 6. The third-order valence-electron chi connectivity index (χ3n) is 5.00. The smallest absolute Gasteiger partial charge is 0.315 e. The summed E-state index contributed by atoms with van der Waals surface area (Å²) in [6, 6.07) is 13.7. The van der Waals surface area contributed by atoms with Crippen LogP contribution in [0.5, 0.6) is 5.75 Å². The Morgan fingerprint density at radius 3 is 2.38 bits per heavy atom. The molecule has 1 saturated carbocycles. The molecule has 1 aliphatic rings.